The van der Waals surface area contributed by atoms with Crippen LogP contribution in [0.3, 0.4) is 0 Å². The fraction of sp³-hybridized carbons (Fsp3) is 0.400. The lowest BCUT2D eigenvalue weighted by Crippen LogP contribution is -2.50. The van der Waals surface area contributed by atoms with Crippen LogP contribution in [-0.4, -0.2) is 43.6 Å². The van der Waals surface area contributed by atoms with Crippen molar-refractivity contribution >= 4 is 28.5 Å². The molecule has 170 valence electrons. The molecule has 0 bridgehead atoms. The van der Waals surface area contributed by atoms with Crippen LogP contribution >= 0.6 is 11.6 Å². The normalized spacial score (nSPS) is 19.0. The molecular weight excluding hydrogens is 428 g/mol. The number of carbonyl (C=O) groups is 1. The van der Waals surface area contributed by atoms with Crippen molar-refractivity contribution in [3.63, 3.8) is 0 Å². The predicted molar refractivity (Wildman–Crippen MR) is 125 cm³/mol. The Balaban J connectivity index is 1.87. The van der Waals surface area contributed by atoms with Gasteiger partial charge in [-0.3, -0.25) is 10.1 Å². The molecule has 2 heterocycles. The van der Waals surface area contributed by atoms with Crippen LogP contribution in [0.2, 0.25) is 5.02 Å². The van der Waals surface area contributed by atoms with Gasteiger partial charge in [0.15, 0.2) is 6.29 Å². The predicted octanol–water partition coefficient (Wildman–Crippen LogP) is 4.54. The van der Waals surface area contributed by atoms with Crippen LogP contribution in [0.5, 0.6) is 0 Å². The molecule has 2 aromatic carbocycles. The molecule has 7 heteroatoms. The quantitative estimate of drug-likeness (QED) is 0.384. The zero-order valence-corrected chi connectivity index (χ0v) is 19.4. The van der Waals surface area contributed by atoms with Crippen molar-refractivity contribution in [2.24, 2.45) is 0 Å². The Morgan fingerprint density at radius 2 is 1.91 bits per heavy atom. The molecule has 3 unspecified atom stereocenters. The molecule has 32 heavy (non-hydrogen) atoms. The second-order valence-electron chi connectivity index (χ2n) is 7.82. The van der Waals surface area contributed by atoms with Crippen molar-refractivity contribution in [2.75, 3.05) is 20.3 Å². The molecule has 1 aliphatic heterocycles. The summed E-state index contributed by atoms with van der Waals surface area (Å²) >= 11 is 6.47. The van der Waals surface area contributed by atoms with Gasteiger partial charge >= 0.3 is 5.97 Å². The number of ether oxygens (including phenoxy) is 3. The molecule has 0 spiro atoms. The first-order chi connectivity index (χ1) is 15.6. The average molecular weight is 457 g/mol. The SMILES string of the molecule is CCOC(=O)C1NCc2[nH]c3cccc(Cc4ccccc4Cl)c3c2C1C(OC)OCC. The maximum Gasteiger partial charge on any atom is 0.323 e. The third-order valence-corrected chi connectivity index (χ3v) is 6.33. The van der Waals surface area contributed by atoms with Crippen LogP contribution in [-0.2, 0) is 32.0 Å². The highest BCUT2D eigenvalue weighted by atomic mass is 35.5. The number of hydrogen-bond donors (Lipinski definition) is 2. The summed E-state index contributed by atoms with van der Waals surface area (Å²) in [5, 5.41) is 5.16. The highest BCUT2D eigenvalue weighted by molar-refractivity contribution is 6.31. The number of H-pyrrole nitrogens is 1. The molecule has 1 aliphatic rings. The molecular formula is C25H29ClN2O4. The second kappa shape index (κ2) is 10.0. The molecule has 0 saturated heterocycles. The van der Waals surface area contributed by atoms with Gasteiger partial charge < -0.3 is 19.2 Å². The number of hydrogen-bond acceptors (Lipinski definition) is 5. The molecule has 0 amide bonds. The molecule has 0 saturated carbocycles. The highest BCUT2D eigenvalue weighted by Gasteiger charge is 2.43. The van der Waals surface area contributed by atoms with Gasteiger partial charge in [0.1, 0.15) is 6.04 Å². The van der Waals surface area contributed by atoms with E-state index in [9.17, 15) is 4.79 Å². The van der Waals surface area contributed by atoms with Crippen LogP contribution in [0.1, 0.15) is 42.1 Å². The maximum absolute atomic E-state index is 12.9. The molecule has 4 rings (SSSR count). The molecule has 0 aliphatic carbocycles. The number of fused-ring (bicyclic) bond motifs is 3. The van der Waals surface area contributed by atoms with Crippen molar-refractivity contribution in [2.45, 2.75) is 45.1 Å². The van der Waals surface area contributed by atoms with Crippen molar-refractivity contribution in [3.8, 4) is 0 Å². The lowest BCUT2D eigenvalue weighted by atomic mass is 9.83. The summed E-state index contributed by atoms with van der Waals surface area (Å²) in [6.07, 6.45) is 0.0750. The number of aromatic amines is 1. The van der Waals surface area contributed by atoms with Crippen molar-refractivity contribution in [1.29, 1.82) is 0 Å². The van der Waals surface area contributed by atoms with Gasteiger partial charge in [0.2, 0.25) is 0 Å². The fourth-order valence-corrected chi connectivity index (χ4v) is 4.85. The lowest BCUT2D eigenvalue weighted by Gasteiger charge is -2.36. The minimum Gasteiger partial charge on any atom is -0.465 e. The molecule has 3 atom stereocenters. The van der Waals surface area contributed by atoms with Crippen LogP contribution in [0.15, 0.2) is 42.5 Å². The number of benzene rings is 2. The van der Waals surface area contributed by atoms with Crippen molar-refractivity contribution in [1.82, 2.24) is 10.3 Å². The smallest absolute Gasteiger partial charge is 0.323 e. The second-order valence-corrected chi connectivity index (χ2v) is 8.23. The topological polar surface area (TPSA) is 72.6 Å². The molecule has 6 nitrogen and oxygen atoms in total. The summed E-state index contributed by atoms with van der Waals surface area (Å²) in [5.74, 6) is -0.674. The molecule has 0 radical (unpaired) electrons. The Morgan fingerprint density at radius 3 is 2.62 bits per heavy atom. The van der Waals surface area contributed by atoms with Gasteiger partial charge in [0.25, 0.3) is 0 Å². The van der Waals surface area contributed by atoms with Gasteiger partial charge in [-0.15, -0.1) is 0 Å². The molecule has 0 fully saturated rings. The number of methoxy groups -OCH3 is 1. The first kappa shape index (κ1) is 22.8. The summed E-state index contributed by atoms with van der Waals surface area (Å²) in [5.41, 5.74) is 5.27. The van der Waals surface area contributed by atoms with E-state index in [1.807, 2.05) is 44.2 Å². The van der Waals surface area contributed by atoms with Crippen molar-refractivity contribution < 1.29 is 19.0 Å². The lowest BCUT2D eigenvalue weighted by molar-refractivity contribution is -0.162. The summed E-state index contributed by atoms with van der Waals surface area (Å²) in [6, 6.07) is 13.5. The van der Waals surface area contributed by atoms with E-state index in [2.05, 4.69) is 22.4 Å². The number of rotatable bonds is 8. The summed E-state index contributed by atoms with van der Waals surface area (Å²) in [6.45, 7) is 5.03. The maximum atomic E-state index is 12.9. The standard InChI is InChI=1S/C25H29ClN2O4/c1-4-31-24(29)23-22(25(30-3)32-5-2)21-19(14-27-23)28-18-12-8-10-16(20(18)21)13-15-9-6-7-11-17(15)26/h6-12,22-23,25,27-28H,4-5,13-14H2,1-3H3. The van der Waals surface area contributed by atoms with Crippen LogP contribution in [0.4, 0.5) is 0 Å². The van der Waals surface area contributed by atoms with E-state index in [4.69, 9.17) is 25.8 Å². The van der Waals surface area contributed by atoms with E-state index in [-0.39, 0.29) is 11.9 Å². The van der Waals surface area contributed by atoms with E-state index in [0.29, 0.717) is 26.2 Å². The monoisotopic (exact) mass is 456 g/mol. The number of halogens is 1. The average Bonchev–Trinajstić information content (AvgIpc) is 3.18. The number of esters is 1. The number of nitrogens with one attached hydrogen (secondary N) is 2. The Bertz CT molecular complexity index is 1100. The summed E-state index contributed by atoms with van der Waals surface area (Å²) in [4.78, 5) is 16.4. The number of aromatic nitrogens is 1. The van der Waals surface area contributed by atoms with Gasteiger partial charge in [0.05, 0.1) is 12.5 Å². The first-order valence-electron chi connectivity index (χ1n) is 11.0. The van der Waals surface area contributed by atoms with Gasteiger partial charge in [-0.25, -0.2) is 0 Å². The third-order valence-electron chi connectivity index (χ3n) is 5.96. The van der Waals surface area contributed by atoms with Crippen LogP contribution in [0, 0.1) is 0 Å². The molecule has 2 N–H and O–H groups in total. The Kier molecular flexibility index (Phi) is 7.16. The van der Waals surface area contributed by atoms with E-state index < -0.39 is 12.3 Å². The van der Waals surface area contributed by atoms with Gasteiger partial charge in [0, 0.05) is 41.9 Å². The zero-order valence-electron chi connectivity index (χ0n) is 18.6. The fourth-order valence-electron chi connectivity index (χ4n) is 4.65. The van der Waals surface area contributed by atoms with E-state index in [1.54, 1.807) is 7.11 Å². The van der Waals surface area contributed by atoms with E-state index in [1.165, 1.54) is 0 Å². The summed E-state index contributed by atoms with van der Waals surface area (Å²) < 4.78 is 17.1. The Hall–Kier alpha value is -2.38. The highest BCUT2D eigenvalue weighted by Crippen LogP contribution is 2.40. The minimum absolute atomic E-state index is 0.303. The zero-order chi connectivity index (χ0) is 22.7. The first-order valence-corrected chi connectivity index (χ1v) is 11.4. The Morgan fingerprint density at radius 1 is 1.12 bits per heavy atom. The van der Waals surface area contributed by atoms with Crippen LogP contribution < -0.4 is 5.32 Å². The Labute approximate surface area is 193 Å². The third kappa shape index (κ3) is 4.28. The van der Waals surface area contributed by atoms with E-state index in [0.717, 1.165) is 38.3 Å². The van der Waals surface area contributed by atoms with Gasteiger partial charge in [-0.1, -0.05) is 41.9 Å². The van der Waals surface area contributed by atoms with E-state index >= 15 is 0 Å². The largest absolute Gasteiger partial charge is 0.465 e. The molecule has 1 aromatic heterocycles. The van der Waals surface area contributed by atoms with Crippen LogP contribution in [0.25, 0.3) is 10.9 Å². The summed E-state index contributed by atoms with van der Waals surface area (Å²) in [7, 11) is 1.61. The van der Waals surface area contributed by atoms with Crippen molar-refractivity contribution in [3.05, 3.63) is 69.9 Å². The molecule has 3 aromatic rings. The van der Waals surface area contributed by atoms with Gasteiger partial charge in [-0.05, 0) is 49.1 Å². The minimum atomic E-state index is -0.603. The van der Waals surface area contributed by atoms with Gasteiger partial charge in [-0.2, -0.15) is 0 Å². The number of carbonyl (C=O) groups excluding carboxylic acids is 1.